The minimum Gasteiger partial charge on any atom is -0.396 e. The average Bonchev–Trinajstić information content (AvgIpc) is 2.41. The van der Waals surface area contributed by atoms with Crippen LogP contribution in [-0.2, 0) is 9.53 Å². The molecule has 0 spiro atoms. The van der Waals surface area contributed by atoms with Crippen LogP contribution in [0.4, 0.5) is 0 Å². The summed E-state index contributed by atoms with van der Waals surface area (Å²) in [5.74, 6) is 0.651. The first-order valence-corrected chi connectivity index (χ1v) is 7.32. The van der Waals surface area contributed by atoms with E-state index in [2.05, 4.69) is 24.1 Å². The van der Waals surface area contributed by atoms with Gasteiger partial charge in [-0.1, -0.05) is 13.8 Å². The summed E-state index contributed by atoms with van der Waals surface area (Å²) in [5, 5.41) is 11.7. The molecule has 5 nitrogen and oxygen atoms in total. The maximum absolute atomic E-state index is 11.6. The molecule has 0 bridgehead atoms. The Bertz CT molecular complexity index is 253. The van der Waals surface area contributed by atoms with E-state index in [1.807, 2.05) is 0 Å². The number of carbonyl (C=O) groups is 1. The zero-order valence-corrected chi connectivity index (χ0v) is 12.2. The monoisotopic (exact) mass is 272 g/mol. The summed E-state index contributed by atoms with van der Waals surface area (Å²) >= 11 is 0. The van der Waals surface area contributed by atoms with Crippen LogP contribution in [0, 0.1) is 5.92 Å². The minimum absolute atomic E-state index is 0.0380. The smallest absolute Gasteiger partial charge is 0.220 e. The van der Waals surface area contributed by atoms with Gasteiger partial charge in [0.05, 0.1) is 13.2 Å². The normalized spacial score (nSPS) is 18.5. The molecule has 1 fully saturated rings. The van der Waals surface area contributed by atoms with Gasteiger partial charge >= 0.3 is 0 Å². The molecule has 1 unspecified atom stereocenters. The van der Waals surface area contributed by atoms with Crippen LogP contribution in [0.15, 0.2) is 0 Å². The van der Waals surface area contributed by atoms with Crippen molar-refractivity contribution in [3.8, 4) is 0 Å². The molecular weight excluding hydrogens is 244 g/mol. The van der Waals surface area contributed by atoms with Gasteiger partial charge in [0.1, 0.15) is 0 Å². The molecule has 2 N–H and O–H groups in total. The molecule has 1 aliphatic rings. The number of nitrogens with one attached hydrogen (secondary N) is 1. The van der Waals surface area contributed by atoms with Gasteiger partial charge in [0, 0.05) is 38.7 Å². The molecule has 5 heteroatoms. The lowest BCUT2D eigenvalue weighted by Crippen LogP contribution is -2.49. The van der Waals surface area contributed by atoms with Crippen molar-refractivity contribution in [3.63, 3.8) is 0 Å². The van der Waals surface area contributed by atoms with E-state index in [1.54, 1.807) is 0 Å². The Hall–Kier alpha value is -0.650. The van der Waals surface area contributed by atoms with Crippen molar-refractivity contribution in [3.05, 3.63) is 0 Å². The van der Waals surface area contributed by atoms with E-state index in [0.717, 1.165) is 32.7 Å². The first-order chi connectivity index (χ1) is 9.13. The zero-order valence-electron chi connectivity index (χ0n) is 12.2. The fourth-order valence-corrected chi connectivity index (χ4v) is 2.41. The van der Waals surface area contributed by atoms with E-state index >= 15 is 0 Å². The Morgan fingerprint density at radius 2 is 2.05 bits per heavy atom. The van der Waals surface area contributed by atoms with Crippen LogP contribution in [0.2, 0.25) is 0 Å². The Balaban J connectivity index is 2.37. The van der Waals surface area contributed by atoms with Gasteiger partial charge in [-0.3, -0.25) is 9.69 Å². The van der Waals surface area contributed by atoms with Gasteiger partial charge in [-0.05, 0) is 18.8 Å². The van der Waals surface area contributed by atoms with Crippen molar-refractivity contribution >= 4 is 5.91 Å². The number of hydrogen-bond acceptors (Lipinski definition) is 4. The molecule has 0 aromatic carbocycles. The summed E-state index contributed by atoms with van der Waals surface area (Å²) in [6, 6.07) is 0.391. The molecule has 0 aliphatic carbocycles. The Labute approximate surface area is 116 Å². The average molecular weight is 272 g/mol. The molecule has 0 radical (unpaired) electrons. The number of nitrogens with zero attached hydrogens (tertiary/aromatic N) is 1. The molecule has 0 aromatic rings. The fourth-order valence-electron chi connectivity index (χ4n) is 2.41. The lowest BCUT2D eigenvalue weighted by molar-refractivity contribution is -0.121. The zero-order chi connectivity index (χ0) is 14.1. The third-order valence-corrected chi connectivity index (χ3v) is 3.40. The van der Waals surface area contributed by atoms with Crippen molar-refractivity contribution in [2.45, 2.75) is 39.2 Å². The number of aliphatic hydroxyl groups is 1. The molecule has 1 heterocycles. The highest BCUT2D eigenvalue weighted by Gasteiger charge is 2.22. The second kappa shape index (κ2) is 9.28. The Morgan fingerprint density at radius 3 is 2.63 bits per heavy atom. The second-order valence-electron chi connectivity index (χ2n) is 5.56. The van der Waals surface area contributed by atoms with E-state index < -0.39 is 0 Å². The van der Waals surface area contributed by atoms with E-state index in [0.29, 0.717) is 31.3 Å². The maximum Gasteiger partial charge on any atom is 0.220 e. The highest BCUT2D eigenvalue weighted by Crippen LogP contribution is 2.13. The standard InChI is InChI=1S/C14H28N2O3/c1-12(2)10-13(16-5-8-19-9-6-16)11-15-14(18)4-3-7-17/h12-13,17H,3-11H2,1-2H3,(H,15,18). The van der Waals surface area contributed by atoms with Crippen molar-refractivity contribution in [1.29, 1.82) is 0 Å². The summed E-state index contributed by atoms with van der Waals surface area (Å²) in [4.78, 5) is 14.0. The first-order valence-electron chi connectivity index (χ1n) is 7.32. The SMILES string of the molecule is CC(C)CC(CNC(=O)CCCO)N1CCOCC1. The summed E-state index contributed by atoms with van der Waals surface area (Å²) in [7, 11) is 0. The lowest BCUT2D eigenvalue weighted by Gasteiger charge is -2.35. The topological polar surface area (TPSA) is 61.8 Å². The minimum atomic E-state index is 0.0380. The van der Waals surface area contributed by atoms with Crippen LogP contribution in [0.3, 0.4) is 0 Å². The van der Waals surface area contributed by atoms with E-state index in [1.165, 1.54) is 0 Å². The fraction of sp³-hybridized carbons (Fsp3) is 0.929. The first kappa shape index (κ1) is 16.4. The number of rotatable bonds is 8. The number of hydrogen-bond donors (Lipinski definition) is 2. The van der Waals surface area contributed by atoms with Gasteiger partial charge in [0.25, 0.3) is 0 Å². The van der Waals surface area contributed by atoms with Crippen molar-refractivity contribution in [2.75, 3.05) is 39.5 Å². The molecule has 1 aliphatic heterocycles. The maximum atomic E-state index is 11.6. The van der Waals surface area contributed by atoms with Crippen LogP contribution >= 0.6 is 0 Å². The quantitative estimate of drug-likeness (QED) is 0.680. The molecule has 1 amide bonds. The van der Waals surface area contributed by atoms with Crippen molar-refractivity contribution in [2.24, 2.45) is 5.92 Å². The summed E-state index contributed by atoms with van der Waals surface area (Å²) in [5.41, 5.74) is 0. The van der Waals surface area contributed by atoms with Crippen LogP contribution in [0.25, 0.3) is 0 Å². The molecule has 19 heavy (non-hydrogen) atoms. The third-order valence-electron chi connectivity index (χ3n) is 3.40. The molecule has 0 saturated carbocycles. The molecule has 112 valence electrons. The summed E-state index contributed by atoms with van der Waals surface area (Å²) in [6.07, 6.45) is 2.03. The van der Waals surface area contributed by atoms with E-state index in [4.69, 9.17) is 9.84 Å². The highest BCUT2D eigenvalue weighted by atomic mass is 16.5. The van der Waals surface area contributed by atoms with Crippen LogP contribution < -0.4 is 5.32 Å². The highest BCUT2D eigenvalue weighted by molar-refractivity contribution is 5.75. The Morgan fingerprint density at radius 1 is 1.37 bits per heavy atom. The molecule has 1 saturated heterocycles. The molecule has 0 aromatic heterocycles. The Kier molecular flexibility index (Phi) is 8.02. The van der Waals surface area contributed by atoms with Gasteiger partial charge in [0.15, 0.2) is 0 Å². The van der Waals surface area contributed by atoms with Gasteiger partial charge in [0.2, 0.25) is 5.91 Å². The molecule has 1 rings (SSSR count). The molecular formula is C14H28N2O3. The van der Waals surface area contributed by atoms with E-state index in [-0.39, 0.29) is 12.5 Å². The number of ether oxygens (including phenoxy) is 1. The van der Waals surface area contributed by atoms with Gasteiger partial charge in [-0.25, -0.2) is 0 Å². The van der Waals surface area contributed by atoms with Crippen molar-refractivity contribution in [1.82, 2.24) is 10.2 Å². The van der Waals surface area contributed by atoms with Gasteiger partial charge in [-0.15, -0.1) is 0 Å². The second-order valence-corrected chi connectivity index (χ2v) is 5.56. The van der Waals surface area contributed by atoms with Crippen LogP contribution in [-0.4, -0.2) is 61.4 Å². The van der Waals surface area contributed by atoms with Crippen LogP contribution in [0.5, 0.6) is 0 Å². The molecule has 1 atom stereocenters. The predicted molar refractivity (Wildman–Crippen MR) is 75.0 cm³/mol. The van der Waals surface area contributed by atoms with Crippen molar-refractivity contribution < 1.29 is 14.6 Å². The number of morpholine rings is 1. The lowest BCUT2D eigenvalue weighted by atomic mass is 10.0. The predicted octanol–water partition coefficient (Wildman–Crippen LogP) is 0.622. The number of amides is 1. The summed E-state index contributed by atoms with van der Waals surface area (Å²) in [6.45, 7) is 8.66. The third kappa shape index (κ3) is 6.89. The van der Waals surface area contributed by atoms with Crippen LogP contribution in [0.1, 0.15) is 33.1 Å². The summed E-state index contributed by atoms with van der Waals surface area (Å²) < 4.78 is 5.38. The van der Waals surface area contributed by atoms with Gasteiger partial charge < -0.3 is 15.2 Å². The number of aliphatic hydroxyl groups excluding tert-OH is 1. The van der Waals surface area contributed by atoms with Gasteiger partial charge in [-0.2, -0.15) is 0 Å². The van der Waals surface area contributed by atoms with E-state index in [9.17, 15) is 4.79 Å². The largest absolute Gasteiger partial charge is 0.396 e. The number of carbonyl (C=O) groups excluding carboxylic acids is 1.